The van der Waals surface area contributed by atoms with Crippen molar-refractivity contribution in [1.82, 2.24) is 14.8 Å². The zero-order valence-corrected chi connectivity index (χ0v) is 11.0. The second kappa shape index (κ2) is 5.33. The lowest BCUT2D eigenvalue weighted by molar-refractivity contribution is -0.133. The Hall–Kier alpha value is -1.34. The Kier molecular flexibility index (Phi) is 3.80. The van der Waals surface area contributed by atoms with Crippen LogP contribution in [0.3, 0.4) is 0 Å². The van der Waals surface area contributed by atoms with Crippen molar-refractivity contribution in [3.8, 4) is 5.69 Å². The number of halogens is 1. The molecule has 0 unspecified atom stereocenters. The van der Waals surface area contributed by atoms with Gasteiger partial charge in [0.2, 0.25) is 0 Å². The second-order valence-corrected chi connectivity index (χ2v) is 4.91. The Labute approximate surface area is 110 Å². The van der Waals surface area contributed by atoms with Crippen molar-refractivity contribution < 1.29 is 9.90 Å². The molecular weight excluding hydrogens is 306 g/mol. The molecule has 0 spiro atoms. The van der Waals surface area contributed by atoms with Gasteiger partial charge in [-0.15, -0.1) is 10.2 Å². The number of thioether (sulfide) groups is 1. The number of rotatable bonds is 4. The van der Waals surface area contributed by atoms with Crippen LogP contribution in [0.5, 0.6) is 0 Å². The van der Waals surface area contributed by atoms with Gasteiger partial charge in [0.25, 0.3) is 0 Å². The standard InChI is InChI=1S/C10H8BrN3O2S/c11-7-3-1-2-4-8(7)14-6-12-13-10(14)17-5-9(15)16/h1-4,6H,5H2,(H,15,16). The number of nitrogens with zero attached hydrogens (tertiary/aromatic N) is 3. The molecule has 0 aliphatic rings. The van der Waals surface area contributed by atoms with Crippen LogP contribution in [0.2, 0.25) is 0 Å². The van der Waals surface area contributed by atoms with Gasteiger partial charge in [-0.2, -0.15) is 0 Å². The highest BCUT2D eigenvalue weighted by Crippen LogP contribution is 2.24. The van der Waals surface area contributed by atoms with Crippen molar-refractivity contribution in [2.24, 2.45) is 0 Å². The quantitative estimate of drug-likeness (QED) is 0.876. The van der Waals surface area contributed by atoms with Gasteiger partial charge in [-0.25, -0.2) is 0 Å². The van der Waals surface area contributed by atoms with Crippen LogP contribution >= 0.6 is 27.7 Å². The third-order valence-corrected chi connectivity index (χ3v) is 3.55. The number of benzene rings is 1. The van der Waals surface area contributed by atoms with E-state index in [4.69, 9.17) is 5.11 Å². The lowest BCUT2D eigenvalue weighted by Gasteiger charge is -2.06. The number of hydrogen-bond acceptors (Lipinski definition) is 4. The molecule has 1 aromatic heterocycles. The fourth-order valence-corrected chi connectivity index (χ4v) is 2.38. The molecule has 0 saturated carbocycles. The number of carbonyl (C=O) groups is 1. The van der Waals surface area contributed by atoms with E-state index in [0.29, 0.717) is 5.16 Å². The summed E-state index contributed by atoms with van der Waals surface area (Å²) in [7, 11) is 0. The maximum Gasteiger partial charge on any atom is 0.313 e. The van der Waals surface area contributed by atoms with E-state index < -0.39 is 5.97 Å². The van der Waals surface area contributed by atoms with E-state index in [1.165, 1.54) is 0 Å². The number of para-hydroxylation sites is 1. The first-order valence-electron chi connectivity index (χ1n) is 4.68. The van der Waals surface area contributed by atoms with E-state index in [1.807, 2.05) is 24.3 Å². The lowest BCUT2D eigenvalue weighted by Crippen LogP contribution is -2.01. The van der Waals surface area contributed by atoms with Gasteiger partial charge < -0.3 is 5.11 Å². The normalized spacial score (nSPS) is 10.4. The molecule has 88 valence electrons. The number of carboxylic acids is 1. The van der Waals surface area contributed by atoms with E-state index in [0.717, 1.165) is 21.9 Å². The summed E-state index contributed by atoms with van der Waals surface area (Å²) in [6.07, 6.45) is 1.56. The van der Waals surface area contributed by atoms with Crippen LogP contribution in [-0.4, -0.2) is 31.6 Å². The van der Waals surface area contributed by atoms with Gasteiger partial charge in [-0.05, 0) is 28.1 Å². The minimum absolute atomic E-state index is 0.0385. The van der Waals surface area contributed by atoms with Gasteiger partial charge in [-0.1, -0.05) is 23.9 Å². The highest BCUT2D eigenvalue weighted by molar-refractivity contribution is 9.10. The third-order valence-electron chi connectivity index (χ3n) is 1.95. The average molecular weight is 314 g/mol. The molecular formula is C10H8BrN3O2S. The molecule has 5 nitrogen and oxygen atoms in total. The van der Waals surface area contributed by atoms with Crippen molar-refractivity contribution >= 4 is 33.7 Å². The number of aromatic nitrogens is 3. The Morgan fingerprint density at radius 1 is 1.47 bits per heavy atom. The van der Waals surface area contributed by atoms with Gasteiger partial charge in [0.1, 0.15) is 6.33 Å². The van der Waals surface area contributed by atoms with Crippen LogP contribution in [0.25, 0.3) is 5.69 Å². The summed E-state index contributed by atoms with van der Waals surface area (Å²) in [6.45, 7) is 0. The van der Waals surface area contributed by atoms with Crippen LogP contribution in [0.1, 0.15) is 0 Å². The molecule has 0 atom stereocenters. The first-order valence-corrected chi connectivity index (χ1v) is 6.46. The highest BCUT2D eigenvalue weighted by Gasteiger charge is 2.10. The molecule has 2 rings (SSSR count). The maximum atomic E-state index is 10.5. The van der Waals surface area contributed by atoms with Crippen molar-refractivity contribution in [2.45, 2.75) is 5.16 Å². The molecule has 0 fully saturated rings. The minimum atomic E-state index is -0.878. The molecule has 1 aromatic carbocycles. The molecule has 1 N–H and O–H groups in total. The summed E-state index contributed by atoms with van der Waals surface area (Å²) in [4.78, 5) is 10.5. The van der Waals surface area contributed by atoms with Gasteiger partial charge in [0.05, 0.1) is 11.4 Å². The first kappa shape index (κ1) is 12.1. The molecule has 2 aromatic rings. The number of aliphatic carboxylic acids is 1. The Morgan fingerprint density at radius 2 is 2.24 bits per heavy atom. The van der Waals surface area contributed by atoms with Crippen molar-refractivity contribution in [1.29, 1.82) is 0 Å². The van der Waals surface area contributed by atoms with Crippen LogP contribution in [0.4, 0.5) is 0 Å². The van der Waals surface area contributed by atoms with E-state index in [9.17, 15) is 4.79 Å². The summed E-state index contributed by atoms with van der Waals surface area (Å²) >= 11 is 4.56. The summed E-state index contributed by atoms with van der Waals surface area (Å²) in [5.74, 6) is -0.917. The van der Waals surface area contributed by atoms with E-state index >= 15 is 0 Å². The number of carboxylic acid groups (broad SMARTS) is 1. The molecule has 0 aliphatic carbocycles. The third kappa shape index (κ3) is 2.86. The van der Waals surface area contributed by atoms with E-state index in [2.05, 4.69) is 26.1 Å². The van der Waals surface area contributed by atoms with Gasteiger partial charge >= 0.3 is 5.97 Å². The molecule has 17 heavy (non-hydrogen) atoms. The van der Waals surface area contributed by atoms with Crippen molar-refractivity contribution in [3.05, 3.63) is 35.1 Å². The summed E-state index contributed by atoms with van der Waals surface area (Å²) in [5, 5.41) is 16.9. The fourth-order valence-electron chi connectivity index (χ4n) is 1.26. The van der Waals surface area contributed by atoms with Crippen LogP contribution in [0, 0.1) is 0 Å². The van der Waals surface area contributed by atoms with Crippen LogP contribution in [0.15, 0.2) is 40.2 Å². The smallest absolute Gasteiger partial charge is 0.313 e. The molecule has 0 saturated heterocycles. The SMILES string of the molecule is O=C(O)CSc1nncn1-c1ccccc1Br. The Bertz CT molecular complexity index is 544. The summed E-state index contributed by atoms with van der Waals surface area (Å²) < 4.78 is 2.65. The molecule has 0 bridgehead atoms. The Balaban J connectivity index is 2.31. The van der Waals surface area contributed by atoms with Crippen LogP contribution < -0.4 is 0 Å². The molecule has 0 radical (unpaired) electrons. The predicted octanol–water partition coefficient (Wildman–Crippen LogP) is 2.21. The zero-order valence-electron chi connectivity index (χ0n) is 8.58. The fraction of sp³-hybridized carbons (Fsp3) is 0.100. The highest BCUT2D eigenvalue weighted by atomic mass is 79.9. The van der Waals surface area contributed by atoms with Gasteiger partial charge in [0.15, 0.2) is 5.16 Å². The van der Waals surface area contributed by atoms with E-state index in [-0.39, 0.29) is 5.75 Å². The number of hydrogen-bond donors (Lipinski definition) is 1. The summed E-state index contributed by atoms with van der Waals surface area (Å²) in [6, 6.07) is 7.60. The van der Waals surface area contributed by atoms with Crippen molar-refractivity contribution in [2.75, 3.05) is 5.75 Å². The minimum Gasteiger partial charge on any atom is -0.481 e. The molecule has 1 heterocycles. The van der Waals surface area contributed by atoms with Gasteiger partial charge in [-0.3, -0.25) is 9.36 Å². The monoisotopic (exact) mass is 313 g/mol. The van der Waals surface area contributed by atoms with Crippen molar-refractivity contribution in [3.63, 3.8) is 0 Å². The lowest BCUT2D eigenvalue weighted by atomic mass is 10.3. The zero-order chi connectivity index (χ0) is 12.3. The van der Waals surface area contributed by atoms with Crippen LogP contribution in [-0.2, 0) is 4.79 Å². The van der Waals surface area contributed by atoms with E-state index in [1.54, 1.807) is 10.9 Å². The largest absolute Gasteiger partial charge is 0.481 e. The molecule has 0 amide bonds. The second-order valence-electron chi connectivity index (χ2n) is 3.12. The average Bonchev–Trinajstić information content (AvgIpc) is 2.75. The Morgan fingerprint density at radius 3 is 2.94 bits per heavy atom. The first-order chi connectivity index (χ1) is 8.18. The predicted molar refractivity (Wildman–Crippen MR) is 67.4 cm³/mol. The molecule has 7 heteroatoms. The molecule has 0 aliphatic heterocycles. The topological polar surface area (TPSA) is 68.0 Å². The summed E-state index contributed by atoms with van der Waals surface area (Å²) in [5.41, 5.74) is 0.880. The maximum absolute atomic E-state index is 10.5. The van der Waals surface area contributed by atoms with Gasteiger partial charge in [0, 0.05) is 4.47 Å².